The summed E-state index contributed by atoms with van der Waals surface area (Å²) >= 11 is 0. The third-order valence-corrected chi connectivity index (χ3v) is 1.33. The van der Waals surface area contributed by atoms with Gasteiger partial charge in [0.25, 0.3) is 0 Å². The SMILES string of the molecule is CNCCCCCCO.Cl. The molecule has 0 spiro atoms. The Morgan fingerprint density at radius 1 is 1.10 bits per heavy atom. The molecule has 2 nitrogen and oxygen atoms in total. The highest BCUT2D eigenvalue weighted by molar-refractivity contribution is 5.85. The Labute approximate surface area is 69.4 Å². The highest BCUT2D eigenvalue weighted by Crippen LogP contribution is 1.96. The van der Waals surface area contributed by atoms with Gasteiger partial charge in [0.05, 0.1) is 0 Å². The number of nitrogens with one attached hydrogen (secondary N) is 1. The minimum Gasteiger partial charge on any atom is -0.396 e. The van der Waals surface area contributed by atoms with Gasteiger partial charge in [0.2, 0.25) is 0 Å². The second-order valence-electron chi connectivity index (χ2n) is 2.24. The highest BCUT2D eigenvalue weighted by Gasteiger charge is 1.85. The van der Waals surface area contributed by atoms with Crippen LogP contribution in [0.5, 0.6) is 0 Å². The molecule has 0 amide bonds. The van der Waals surface area contributed by atoms with Crippen molar-refractivity contribution in [3.63, 3.8) is 0 Å². The lowest BCUT2D eigenvalue weighted by Crippen LogP contribution is -2.06. The van der Waals surface area contributed by atoms with Crippen LogP contribution in [0.3, 0.4) is 0 Å². The van der Waals surface area contributed by atoms with E-state index in [-0.39, 0.29) is 12.4 Å². The highest BCUT2D eigenvalue weighted by atomic mass is 35.5. The molecule has 0 radical (unpaired) electrons. The third kappa shape index (κ3) is 11.1. The number of hydrogen-bond acceptors (Lipinski definition) is 2. The molecule has 0 saturated heterocycles. The first-order chi connectivity index (χ1) is 4.41. The van der Waals surface area contributed by atoms with Crippen LogP contribution >= 0.6 is 12.4 Å². The van der Waals surface area contributed by atoms with Crippen LogP contribution in [-0.2, 0) is 0 Å². The lowest BCUT2D eigenvalue weighted by Gasteiger charge is -1.97. The predicted octanol–water partition coefficient (Wildman–Crippen LogP) is 1.18. The van der Waals surface area contributed by atoms with E-state index in [4.69, 9.17) is 5.11 Å². The van der Waals surface area contributed by atoms with E-state index in [9.17, 15) is 0 Å². The Bertz CT molecular complexity index is 46.9. The zero-order chi connectivity index (χ0) is 6.95. The van der Waals surface area contributed by atoms with E-state index >= 15 is 0 Å². The average Bonchev–Trinajstić information content (AvgIpc) is 1.89. The maximum absolute atomic E-state index is 8.41. The van der Waals surface area contributed by atoms with Crippen LogP contribution in [0.25, 0.3) is 0 Å². The molecule has 0 saturated carbocycles. The van der Waals surface area contributed by atoms with E-state index in [0.717, 1.165) is 19.4 Å². The lowest BCUT2D eigenvalue weighted by atomic mass is 10.2. The molecule has 3 heteroatoms. The summed E-state index contributed by atoms with van der Waals surface area (Å²) in [7, 11) is 1.96. The number of unbranched alkanes of at least 4 members (excludes halogenated alkanes) is 3. The Balaban J connectivity index is 0. The van der Waals surface area contributed by atoms with Crippen molar-refractivity contribution < 1.29 is 5.11 Å². The number of aliphatic hydroxyl groups excluding tert-OH is 1. The molecule has 0 heterocycles. The molecule has 64 valence electrons. The van der Waals surface area contributed by atoms with Crippen molar-refractivity contribution in [3.05, 3.63) is 0 Å². The summed E-state index contributed by atoms with van der Waals surface area (Å²) in [5.41, 5.74) is 0. The van der Waals surface area contributed by atoms with Crippen molar-refractivity contribution in [1.82, 2.24) is 5.32 Å². The summed E-state index contributed by atoms with van der Waals surface area (Å²) in [6.07, 6.45) is 4.60. The second-order valence-corrected chi connectivity index (χ2v) is 2.24. The molecule has 0 aliphatic heterocycles. The molecule has 0 aromatic rings. The van der Waals surface area contributed by atoms with Crippen LogP contribution in [0.2, 0.25) is 0 Å². The molecule has 0 aromatic carbocycles. The fourth-order valence-electron chi connectivity index (χ4n) is 0.767. The van der Waals surface area contributed by atoms with Gasteiger partial charge in [-0.1, -0.05) is 12.8 Å². The topological polar surface area (TPSA) is 32.3 Å². The summed E-state index contributed by atoms with van der Waals surface area (Å²) in [4.78, 5) is 0. The fraction of sp³-hybridized carbons (Fsp3) is 1.00. The maximum Gasteiger partial charge on any atom is 0.0431 e. The second kappa shape index (κ2) is 11.9. The normalized spacial score (nSPS) is 9.00. The predicted molar refractivity (Wildman–Crippen MR) is 46.7 cm³/mol. The fourth-order valence-corrected chi connectivity index (χ4v) is 0.767. The minimum atomic E-state index is 0. The molecule has 0 bridgehead atoms. The average molecular weight is 168 g/mol. The zero-order valence-electron chi connectivity index (χ0n) is 6.60. The first-order valence-electron chi connectivity index (χ1n) is 3.67. The number of rotatable bonds is 6. The van der Waals surface area contributed by atoms with Gasteiger partial charge >= 0.3 is 0 Å². The van der Waals surface area contributed by atoms with Crippen LogP contribution in [0.15, 0.2) is 0 Å². The standard InChI is InChI=1S/C7H17NO.ClH/c1-8-6-4-2-3-5-7-9;/h8-9H,2-7H2,1H3;1H. The molecular formula is C7H18ClNO. The van der Waals surface area contributed by atoms with Crippen molar-refractivity contribution in [2.75, 3.05) is 20.2 Å². The van der Waals surface area contributed by atoms with E-state index in [1.54, 1.807) is 0 Å². The Morgan fingerprint density at radius 2 is 1.70 bits per heavy atom. The number of halogens is 1. The molecule has 0 rings (SSSR count). The van der Waals surface area contributed by atoms with Crippen molar-refractivity contribution in [2.24, 2.45) is 0 Å². The van der Waals surface area contributed by atoms with Crippen molar-refractivity contribution >= 4 is 12.4 Å². The summed E-state index contributed by atoms with van der Waals surface area (Å²) in [6.45, 7) is 1.45. The van der Waals surface area contributed by atoms with Crippen LogP contribution < -0.4 is 5.32 Å². The lowest BCUT2D eigenvalue weighted by molar-refractivity contribution is 0.282. The first-order valence-corrected chi connectivity index (χ1v) is 3.67. The zero-order valence-corrected chi connectivity index (χ0v) is 7.41. The molecule has 0 atom stereocenters. The molecule has 2 N–H and O–H groups in total. The molecule has 0 aliphatic carbocycles. The van der Waals surface area contributed by atoms with Gasteiger partial charge in [-0.2, -0.15) is 0 Å². The summed E-state index contributed by atoms with van der Waals surface area (Å²) in [5, 5.41) is 11.5. The number of aliphatic hydroxyl groups is 1. The molecule has 0 unspecified atom stereocenters. The smallest absolute Gasteiger partial charge is 0.0431 e. The molecular weight excluding hydrogens is 150 g/mol. The van der Waals surface area contributed by atoms with E-state index in [0.29, 0.717) is 6.61 Å². The summed E-state index contributed by atoms with van der Waals surface area (Å²) in [6, 6.07) is 0. The first kappa shape index (κ1) is 12.8. The van der Waals surface area contributed by atoms with Gasteiger partial charge in [0.1, 0.15) is 0 Å². The van der Waals surface area contributed by atoms with Crippen molar-refractivity contribution in [1.29, 1.82) is 0 Å². The van der Waals surface area contributed by atoms with Crippen LogP contribution in [0.4, 0.5) is 0 Å². The van der Waals surface area contributed by atoms with Gasteiger partial charge in [-0.3, -0.25) is 0 Å². The van der Waals surface area contributed by atoms with Crippen molar-refractivity contribution in [2.45, 2.75) is 25.7 Å². The minimum absolute atomic E-state index is 0. The summed E-state index contributed by atoms with van der Waals surface area (Å²) in [5.74, 6) is 0. The quantitative estimate of drug-likeness (QED) is 0.583. The largest absolute Gasteiger partial charge is 0.396 e. The Hall–Kier alpha value is 0.210. The van der Waals surface area contributed by atoms with Gasteiger partial charge in [0, 0.05) is 6.61 Å². The Kier molecular flexibility index (Phi) is 15.3. The van der Waals surface area contributed by atoms with Gasteiger partial charge in [0.15, 0.2) is 0 Å². The molecule has 0 aliphatic rings. The van der Waals surface area contributed by atoms with Gasteiger partial charge in [-0.05, 0) is 26.4 Å². The van der Waals surface area contributed by atoms with Gasteiger partial charge in [-0.15, -0.1) is 12.4 Å². The van der Waals surface area contributed by atoms with Gasteiger partial charge in [-0.25, -0.2) is 0 Å². The molecule has 0 aromatic heterocycles. The number of hydrogen-bond donors (Lipinski definition) is 2. The van der Waals surface area contributed by atoms with E-state index < -0.39 is 0 Å². The maximum atomic E-state index is 8.41. The van der Waals surface area contributed by atoms with Crippen LogP contribution in [0, 0.1) is 0 Å². The van der Waals surface area contributed by atoms with E-state index in [2.05, 4.69) is 5.32 Å². The molecule has 0 fully saturated rings. The monoisotopic (exact) mass is 167 g/mol. The third-order valence-electron chi connectivity index (χ3n) is 1.33. The Morgan fingerprint density at radius 3 is 2.20 bits per heavy atom. The summed E-state index contributed by atoms with van der Waals surface area (Å²) < 4.78 is 0. The van der Waals surface area contributed by atoms with E-state index in [1.807, 2.05) is 7.05 Å². The van der Waals surface area contributed by atoms with Crippen LogP contribution in [0.1, 0.15) is 25.7 Å². The van der Waals surface area contributed by atoms with Crippen molar-refractivity contribution in [3.8, 4) is 0 Å². The molecule has 10 heavy (non-hydrogen) atoms. The van der Waals surface area contributed by atoms with Gasteiger partial charge < -0.3 is 10.4 Å². The van der Waals surface area contributed by atoms with E-state index in [1.165, 1.54) is 12.8 Å². The van der Waals surface area contributed by atoms with Crippen LogP contribution in [-0.4, -0.2) is 25.3 Å².